The zero-order chi connectivity index (χ0) is 14.3. The first kappa shape index (κ1) is 14.0. The molecule has 2 N–H and O–H groups in total. The number of fused-ring (bicyclic) bond motifs is 1. The van der Waals surface area contributed by atoms with E-state index >= 15 is 0 Å². The maximum absolute atomic E-state index is 6.58. The molecule has 0 radical (unpaired) electrons. The summed E-state index contributed by atoms with van der Waals surface area (Å²) >= 11 is 3.75. The van der Waals surface area contributed by atoms with E-state index in [1.54, 1.807) is 11.3 Å². The topological polar surface area (TPSA) is 48.1 Å². The third-order valence-corrected chi connectivity index (χ3v) is 6.89. The number of hydrogen-bond acceptors (Lipinski definition) is 5. The second kappa shape index (κ2) is 5.54. The summed E-state index contributed by atoms with van der Waals surface area (Å²) in [6.07, 6.45) is 5.31. The Bertz CT molecular complexity index is 636. The normalized spacial score (nSPS) is 31.0. The van der Waals surface area contributed by atoms with Crippen LogP contribution in [0.1, 0.15) is 30.9 Å². The largest absolute Gasteiger partial charge is 0.374 e. The van der Waals surface area contributed by atoms with Crippen molar-refractivity contribution < 1.29 is 4.74 Å². The number of aromatic nitrogens is 1. The third kappa shape index (κ3) is 2.61. The van der Waals surface area contributed by atoms with Gasteiger partial charge in [0, 0.05) is 24.6 Å². The summed E-state index contributed by atoms with van der Waals surface area (Å²) in [6, 6.07) is 4.37. The molecule has 4 rings (SSSR count). The van der Waals surface area contributed by atoms with E-state index in [-0.39, 0.29) is 11.6 Å². The van der Waals surface area contributed by atoms with E-state index in [9.17, 15) is 0 Å². The number of rotatable bonds is 2. The molecule has 4 heterocycles. The number of thioether (sulfide) groups is 1. The molecule has 3 atom stereocenters. The highest BCUT2D eigenvalue weighted by molar-refractivity contribution is 7.99. The van der Waals surface area contributed by atoms with Crippen molar-refractivity contribution in [1.29, 1.82) is 0 Å². The van der Waals surface area contributed by atoms with Crippen molar-refractivity contribution in [1.82, 2.24) is 4.98 Å². The lowest BCUT2D eigenvalue weighted by Crippen LogP contribution is -2.42. The molecule has 3 nitrogen and oxygen atoms in total. The van der Waals surface area contributed by atoms with Crippen molar-refractivity contribution in [2.45, 2.75) is 30.9 Å². The number of thiophene rings is 1. The lowest BCUT2D eigenvalue weighted by atomic mass is 9.79. The SMILES string of the molecule is NC(c1cnc2ccsc2c1)C1CCOC2(CCSC2)C1. The second-order valence-electron chi connectivity index (χ2n) is 6.19. The third-order valence-electron chi connectivity index (χ3n) is 4.81. The molecule has 2 aromatic rings. The molecule has 2 saturated heterocycles. The van der Waals surface area contributed by atoms with Gasteiger partial charge in [0.15, 0.2) is 0 Å². The number of pyridine rings is 1. The molecule has 2 aromatic heterocycles. The Morgan fingerprint density at radius 3 is 3.29 bits per heavy atom. The zero-order valence-electron chi connectivity index (χ0n) is 12.0. The van der Waals surface area contributed by atoms with Gasteiger partial charge in [0.05, 0.1) is 15.8 Å². The van der Waals surface area contributed by atoms with Crippen molar-refractivity contribution in [3.63, 3.8) is 0 Å². The molecule has 3 unspecified atom stereocenters. The maximum atomic E-state index is 6.58. The molecule has 0 aromatic carbocycles. The molecule has 1 spiro atoms. The quantitative estimate of drug-likeness (QED) is 0.918. The fraction of sp³-hybridized carbons (Fsp3) is 0.562. The first-order valence-corrected chi connectivity index (χ1v) is 9.60. The van der Waals surface area contributed by atoms with Gasteiger partial charge in [-0.05, 0) is 54.0 Å². The molecular weight excluding hydrogens is 300 g/mol. The molecule has 0 bridgehead atoms. The van der Waals surface area contributed by atoms with Gasteiger partial charge in [0.1, 0.15) is 0 Å². The Labute approximate surface area is 133 Å². The summed E-state index contributed by atoms with van der Waals surface area (Å²) < 4.78 is 7.35. The van der Waals surface area contributed by atoms with Gasteiger partial charge in [0.2, 0.25) is 0 Å². The van der Waals surface area contributed by atoms with Gasteiger partial charge >= 0.3 is 0 Å². The van der Waals surface area contributed by atoms with Gasteiger partial charge < -0.3 is 10.5 Å². The van der Waals surface area contributed by atoms with Crippen molar-refractivity contribution >= 4 is 33.3 Å². The molecule has 21 heavy (non-hydrogen) atoms. The zero-order valence-corrected chi connectivity index (χ0v) is 13.6. The van der Waals surface area contributed by atoms with Crippen LogP contribution in [-0.2, 0) is 4.74 Å². The molecule has 0 amide bonds. The first-order valence-electron chi connectivity index (χ1n) is 7.56. The number of ether oxygens (including phenoxy) is 1. The van der Waals surface area contributed by atoms with Crippen LogP contribution in [0.2, 0.25) is 0 Å². The summed E-state index contributed by atoms with van der Waals surface area (Å²) in [4.78, 5) is 4.54. The smallest absolute Gasteiger partial charge is 0.0809 e. The van der Waals surface area contributed by atoms with Crippen molar-refractivity contribution in [2.75, 3.05) is 18.1 Å². The van der Waals surface area contributed by atoms with Crippen LogP contribution in [0, 0.1) is 5.92 Å². The number of nitrogens with zero attached hydrogens (tertiary/aromatic N) is 1. The van der Waals surface area contributed by atoms with Crippen molar-refractivity contribution in [3.05, 3.63) is 29.3 Å². The predicted octanol–water partition coefficient (Wildman–Crippen LogP) is 3.60. The van der Waals surface area contributed by atoms with Crippen LogP contribution in [0.15, 0.2) is 23.7 Å². The van der Waals surface area contributed by atoms with E-state index in [2.05, 4.69) is 22.5 Å². The number of hydrogen-bond donors (Lipinski definition) is 1. The standard InChI is InChI=1S/C16H20N2OS2/c17-15(12-7-14-13(18-9-12)2-5-21-14)11-1-4-19-16(8-11)3-6-20-10-16/h2,5,7,9,11,15H,1,3-4,6,8,10,17H2. The van der Waals surface area contributed by atoms with Crippen LogP contribution in [-0.4, -0.2) is 28.7 Å². The predicted molar refractivity (Wildman–Crippen MR) is 89.9 cm³/mol. The first-order chi connectivity index (χ1) is 10.3. The molecule has 2 aliphatic heterocycles. The Morgan fingerprint density at radius 2 is 2.43 bits per heavy atom. The average molecular weight is 320 g/mol. The van der Waals surface area contributed by atoms with Crippen LogP contribution in [0.4, 0.5) is 0 Å². The van der Waals surface area contributed by atoms with Crippen LogP contribution in [0.5, 0.6) is 0 Å². The highest BCUT2D eigenvalue weighted by Crippen LogP contribution is 2.43. The monoisotopic (exact) mass is 320 g/mol. The van der Waals surface area contributed by atoms with Gasteiger partial charge in [-0.2, -0.15) is 11.8 Å². The van der Waals surface area contributed by atoms with E-state index in [1.165, 1.54) is 22.4 Å². The molecule has 0 aliphatic carbocycles. The van der Waals surface area contributed by atoms with Gasteiger partial charge in [-0.25, -0.2) is 0 Å². The second-order valence-corrected chi connectivity index (χ2v) is 8.24. The van der Waals surface area contributed by atoms with Gasteiger partial charge in [-0.1, -0.05) is 0 Å². The van der Waals surface area contributed by atoms with Crippen LogP contribution in [0.3, 0.4) is 0 Å². The van der Waals surface area contributed by atoms with Gasteiger partial charge in [0.25, 0.3) is 0 Å². The maximum Gasteiger partial charge on any atom is 0.0809 e. The van der Waals surface area contributed by atoms with Crippen molar-refractivity contribution in [3.8, 4) is 0 Å². The fourth-order valence-electron chi connectivity index (χ4n) is 3.55. The van der Waals surface area contributed by atoms with E-state index in [0.717, 1.165) is 30.7 Å². The summed E-state index contributed by atoms with van der Waals surface area (Å²) in [7, 11) is 0. The Balaban J connectivity index is 1.56. The average Bonchev–Trinajstić information content (AvgIpc) is 3.15. The lowest BCUT2D eigenvalue weighted by molar-refractivity contribution is -0.0834. The summed E-state index contributed by atoms with van der Waals surface area (Å²) in [6.45, 7) is 0.855. The Hall–Kier alpha value is -0.620. The van der Waals surface area contributed by atoms with Crippen LogP contribution in [0.25, 0.3) is 10.2 Å². The highest BCUT2D eigenvalue weighted by atomic mass is 32.2. The lowest BCUT2D eigenvalue weighted by Gasteiger charge is -2.40. The minimum Gasteiger partial charge on any atom is -0.374 e. The van der Waals surface area contributed by atoms with E-state index < -0.39 is 0 Å². The minimum atomic E-state index is 0.0791. The van der Waals surface area contributed by atoms with Crippen LogP contribution >= 0.6 is 23.1 Å². The van der Waals surface area contributed by atoms with E-state index in [4.69, 9.17) is 10.5 Å². The fourth-order valence-corrected chi connectivity index (χ4v) is 5.72. The number of nitrogens with two attached hydrogens (primary N) is 1. The highest BCUT2D eigenvalue weighted by Gasteiger charge is 2.42. The van der Waals surface area contributed by atoms with Crippen molar-refractivity contribution in [2.24, 2.45) is 11.7 Å². The van der Waals surface area contributed by atoms with E-state index in [1.807, 2.05) is 18.0 Å². The Kier molecular flexibility index (Phi) is 3.69. The molecular formula is C16H20N2OS2. The summed E-state index contributed by atoms with van der Waals surface area (Å²) in [5.41, 5.74) is 8.94. The van der Waals surface area contributed by atoms with Gasteiger partial charge in [-0.15, -0.1) is 11.3 Å². The Morgan fingerprint density at radius 1 is 1.48 bits per heavy atom. The molecule has 0 saturated carbocycles. The molecule has 2 fully saturated rings. The van der Waals surface area contributed by atoms with E-state index in [0.29, 0.717) is 5.92 Å². The molecule has 2 aliphatic rings. The summed E-state index contributed by atoms with van der Waals surface area (Å²) in [5, 5.41) is 2.09. The molecule has 112 valence electrons. The minimum absolute atomic E-state index is 0.0791. The van der Waals surface area contributed by atoms with Gasteiger partial charge in [-0.3, -0.25) is 4.98 Å². The molecule has 5 heteroatoms. The van der Waals surface area contributed by atoms with Crippen LogP contribution < -0.4 is 5.73 Å². The summed E-state index contributed by atoms with van der Waals surface area (Å²) in [5.74, 6) is 2.87.